The molecule has 0 aliphatic carbocycles. The Bertz CT molecular complexity index is 501. The van der Waals surface area contributed by atoms with Gasteiger partial charge in [-0.15, -0.1) is 0 Å². The van der Waals surface area contributed by atoms with Crippen LogP contribution in [0, 0.1) is 0 Å². The van der Waals surface area contributed by atoms with Gasteiger partial charge in [-0.3, -0.25) is 9.59 Å². The first-order valence-corrected chi connectivity index (χ1v) is 6.71. The molecule has 1 atom stereocenters. The van der Waals surface area contributed by atoms with E-state index in [1.807, 2.05) is 0 Å². The van der Waals surface area contributed by atoms with Crippen LogP contribution < -0.4 is 14.8 Å². The predicted molar refractivity (Wildman–Crippen MR) is 78.2 cm³/mol. The Balaban J connectivity index is 2.63. The fourth-order valence-electron chi connectivity index (χ4n) is 1.89. The summed E-state index contributed by atoms with van der Waals surface area (Å²) in [5.41, 5.74) is 0.519. The van der Waals surface area contributed by atoms with Gasteiger partial charge in [0.15, 0.2) is 17.3 Å². The zero-order valence-corrected chi connectivity index (χ0v) is 12.5. The first-order chi connectivity index (χ1) is 9.99. The molecule has 0 heterocycles. The number of aliphatic carboxylic acids is 1. The van der Waals surface area contributed by atoms with E-state index in [4.69, 9.17) is 14.6 Å². The largest absolute Gasteiger partial charge is 0.493 e. The van der Waals surface area contributed by atoms with Crippen molar-refractivity contribution < 1.29 is 24.2 Å². The monoisotopic (exact) mass is 295 g/mol. The fourth-order valence-corrected chi connectivity index (χ4v) is 1.89. The minimum Gasteiger partial charge on any atom is -0.493 e. The van der Waals surface area contributed by atoms with Gasteiger partial charge in [0.1, 0.15) is 0 Å². The molecule has 0 aliphatic rings. The lowest BCUT2D eigenvalue weighted by Crippen LogP contribution is -2.34. The van der Waals surface area contributed by atoms with Gasteiger partial charge < -0.3 is 19.9 Å². The summed E-state index contributed by atoms with van der Waals surface area (Å²) in [4.78, 5) is 22.7. The van der Waals surface area contributed by atoms with Crippen molar-refractivity contribution in [3.8, 4) is 11.5 Å². The van der Waals surface area contributed by atoms with Crippen molar-refractivity contribution in [2.24, 2.45) is 0 Å². The van der Waals surface area contributed by atoms with Crippen LogP contribution in [-0.2, 0) is 4.79 Å². The molecule has 0 fully saturated rings. The molecule has 1 aromatic carbocycles. The highest BCUT2D eigenvalue weighted by Crippen LogP contribution is 2.27. The Morgan fingerprint density at radius 2 is 1.90 bits per heavy atom. The van der Waals surface area contributed by atoms with E-state index in [0.29, 0.717) is 30.0 Å². The highest BCUT2D eigenvalue weighted by Gasteiger charge is 2.16. The average Bonchev–Trinajstić information content (AvgIpc) is 2.49. The first-order valence-electron chi connectivity index (χ1n) is 6.71. The molecule has 1 rings (SSSR count). The quantitative estimate of drug-likeness (QED) is 0.533. The number of methoxy groups -OCH3 is 2. The van der Waals surface area contributed by atoms with Crippen LogP contribution in [0.1, 0.15) is 30.1 Å². The molecule has 116 valence electrons. The lowest BCUT2D eigenvalue weighted by atomic mass is 10.0. The van der Waals surface area contributed by atoms with E-state index in [9.17, 15) is 9.59 Å². The number of carbonyl (C=O) groups is 2. The normalized spacial score (nSPS) is 11.8. The second-order valence-electron chi connectivity index (χ2n) is 4.61. The van der Waals surface area contributed by atoms with Crippen molar-refractivity contribution >= 4 is 11.8 Å². The number of Topliss-reactive ketones (excluding diaryl/α,β-unsaturated/α-hetero) is 1. The van der Waals surface area contributed by atoms with Gasteiger partial charge in [-0.05, 0) is 38.1 Å². The van der Waals surface area contributed by atoms with Crippen LogP contribution >= 0.6 is 0 Å². The summed E-state index contributed by atoms with van der Waals surface area (Å²) in [6.45, 7) is 2.23. The zero-order chi connectivity index (χ0) is 15.8. The van der Waals surface area contributed by atoms with E-state index >= 15 is 0 Å². The van der Waals surface area contributed by atoms with Gasteiger partial charge in [-0.25, -0.2) is 0 Å². The van der Waals surface area contributed by atoms with E-state index in [1.54, 1.807) is 25.1 Å². The van der Waals surface area contributed by atoms with Gasteiger partial charge >= 0.3 is 5.97 Å². The number of hydrogen-bond acceptors (Lipinski definition) is 5. The third-order valence-corrected chi connectivity index (χ3v) is 3.08. The molecular weight excluding hydrogens is 274 g/mol. The Kier molecular flexibility index (Phi) is 6.68. The van der Waals surface area contributed by atoms with Gasteiger partial charge in [0.2, 0.25) is 0 Å². The molecule has 0 bridgehead atoms. The zero-order valence-electron chi connectivity index (χ0n) is 12.5. The maximum absolute atomic E-state index is 12.3. The standard InChI is InChI=1S/C15H21NO5/c1-10(16-8-4-5-14(17)18)15(19)11-6-7-12(20-2)13(9-11)21-3/h6-7,9-10,16H,4-5,8H2,1-3H3,(H,17,18). The molecule has 0 aromatic heterocycles. The minimum atomic E-state index is -0.837. The summed E-state index contributed by atoms with van der Waals surface area (Å²) < 4.78 is 10.3. The topological polar surface area (TPSA) is 84.9 Å². The Hall–Kier alpha value is -2.08. The summed E-state index contributed by atoms with van der Waals surface area (Å²) in [6, 6.07) is 4.61. The summed E-state index contributed by atoms with van der Waals surface area (Å²) in [5, 5.41) is 11.6. The molecule has 1 unspecified atom stereocenters. The molecule has 0 amide bonds. The maximum atomic E-state index is 12.3. The van der Waals surface area contributed by atoms with Crippen LogP contribution in [-0.4, -0.2) is 43.7 Å². The second-order valence-corrected chi connectivity index (χ2v) is 4.61. The van der Waals surface area contributed by atoms with E-state index in [-0.39, 0.29) is 12.2 Å². The fraction of sp³-hybridized carbons (Fsp3) is 0.467. The minimum absolute atomic E-state index is 0.0775. The van der Waals surface area contributed by atoms with Crippen molar-refractivity contribution in [1.29, 1.82) is 0 Å². The molecule has 6 heteroatoms. The van der Waals surface area contributed by atoms with Crippen molar-refractivity contribution in [3.05, 3.63) is 23.8 Å². The maximum Gasteiger partial charge on any atom is 0.303 e. The number of ether oxygens (including phenoxy) is 2. The number of rotatable bonds is 9. The van der Waals surface area contributed by atoms with Crippen molar-refractivity contribution in [1.82, 2.24) is 5.32 Å². The lowest BCUT2D eigenvalue weighted by Gasteiger charge is -2.14. The molecular formula is C15H21NO5. The Morgan fingerprint density at radius 1 is 1.24 bits per heavy atom. The van der Waals surface area contributed by atoms with Gasteiger partial charge in [-0.2, -0.15) is 0 Å². The molecule has 0 spiro atoms. The van der Waals surface area contributed by atoms with Crippen LogP contribution in [0.4, 0.5) is 0 Å². The van der Waals surface area contributed by atoms with Gasteiger partial charge in [0.05, 0.1) is 20.3 Å². The number of benzene rings is 1. The van der Waals surface area contributed by atoms with Crippen molar-refractivity contribution in [2.45, 2.75) is 25.8 Å². The summed E-state index contributed by atoms with van der Waals surface area (Å²) >= 11 is 0. The van der Waals surface area contributed by atoms with Crippen LogP contribution in [0.25, 0.3) is 0 Å². The molecule has 1 aromatic rings. The van der Waals surface area contributed by atoms with Crippen LogP contribution in [0.2, 0.25) is 0 Å². The number of carboxylic acids is 1. The second kappa shape index (κ2) is 8.26. The molecule has 0 saturated carbocycles. The van der Waals surface area contributed by atoms with Crippen LogP contribution in [0.3, 0.4) is 0 Å². The highest BCUT2D eigenvalue weighted by molar-refractivity contribution is 6.00. The summed E-state index contributed by atoms with van der Waals surface area (Å²) in [7, 11) is 3.05. The molecule has 0 radical (unpaired) electrons. The van der Waals surface area contributed by atoms with Crippen molar-refractivity contribution in [3.63, 3.8) is 0 Å². The van der Waals surface area contributed by atoms with E-state index in [1.165, 1.54) is 14.2 Å². The number of hydrogen-bond donors (Lipinski definition) is 2. The number of carboxylic acid groups (broad SMARTS) is 1. The number of carbonyl (C=O) groups excluding carboxylic acids is 1. The Morgan fingerprint density at radius 3 is 2.48 bits per heavy atom. The van der Waals surface area contributed by atoms with E-state index < -0.39 is 12.0 Å². The SMILES string of the molecule is COc1ccc(C(=O)C(C)NCCCC(=O)O)cc1OC. The molecule has 0 saturated heterocycles. The van der Waals surface area contributed by atoms with Gasteiger partial charge in [0.25, 0.3) is 0 Å². The third-order valence-electron chi connectivity index (χ3n) is 3.08. The predicted octanol–water partition coefficient (Wildman–Crippen LogP) is 1.73. The highest BCUT2D eigenvalue weighted by atomic mass is 16.5. The number of ketones is 1. The molecule has 2 N–H and O–H groups in total. The first kappa shape index (κ1) is 17.0. The lowest BCUT2D eigenvalue weighted by molar-refractivity contribution is -0.137. The smallest absolute Gasteiger partial charge is 0.303 e. The van der Waals surface area contributed by atoms with E-state index in [0.717, 1.165) is 0 Å². The average molecular weight is 295 g/mol. The Labute approximate surface area is 124 Å². The third kappa shape index (κ3) is 5.07. The van der Waals surface area contributed by atoms with Crippen LogP contribution in [0.15, 0.2) is 18.2 Å². The number of nitrogens with one attached hydrogen (secondary N) is 1. The van der Waals surface area contributed by atoms with Gasteiger partial charge in [-0.1, -0.05) is 0 Å². The summed E-state index contributed by atoms with van der Waals surface area (Å²) in [5.74, 6) is 0.152. The molecule has 6 nitrogen and oxygen atoms in total. The van der Waals surface area contributed by atoms with Gasteiger partial charge in [0, 0.05) is 12.0 Å². The van der Waals surface area contributed by atoms with Crippen molar-refractivity contribution in [2.75, 3.05) is 20.8 Å². The summed E-state index contributed by atoms with van der Waals surface area (Å²) in [6.07, 6.45) is 0.573. The van der Waals surface area contributed by atoms with Crippen LogP contribution in [0.5, 0.6) is 11.5 Å². The molecule has 21 heavy (non-hydrogen) atoms. The van der Waals surface area contributed by atoms with E-state index in [2.05, 4.69) is 5.32 Å². The molecule has 0 aliphatic heterocycles.